The predicted molar refractivity (Wildman–Crippen MR) is 220 cm³/mol. The van der Waals surface area contributed by atoms with Gasteiger partial charge in [-0.2, -0.15) is 0 Å². The largest absolute Gasteiger partial charge is 0.208 e. The lowest BCUT2D eigenvalue weighted by Crippen LogP contribution is -2.55. The van der Waals surface area contributed by atoms with E-state index in [-0.39, 0.29) is 5.41 Å². The van der Waals surface area contributed by atoms with Crippen LogP contribution in [0.4, 0.5) is 0 Å². The fourth-order valence-corrected chi connectivity index (χ4v) is 11.6. The number of fused-ring (bicyclic) bond motifs is 6. The zero-order chi connectivity index (χ0) is 35.4. The van der Waals surface area contributed by atoms with Crippen molar-refractivity contribution in [3.05, 3.63) is 163 Å². The van der Waals surface area contributed by atoms with Crippen molar-refractivity contribution in [1.82, 2.24) is 15.0 Å². The third-order valence-electron chi connectivity index (χ3n) is 13.7. The molecule has 4 fully saturated rings. The molecule has 0 saturated heterocycles. The number of nitrogens with zero attached hydrogens (tertiary/aromatic N) is 3. The zero-order valence-electron chi connectivity index (χ0n) is 30.1. The quantitative estimate of drug-likeness (QED) is 0.172. The summed E-state index contributed by atoms with van der Waals surface area (Å²) >= 11 is 0. The molecule has 1 heterocycles. The van der Waals surface area contributed by atoms with E-state index in [1.807, 2.05) is 18.2 Å². The zero-order valence-corrected chi connectivity index (χ0v) is 30.1. The van der Waals surface area contributed by atoms with Crippen molar-refractivity contribution in [1.29, 1.82) is 0 Å². The lowest BCUT2D eigenvalue weighted by atomic mass is 9.43. The summed E-state index contributed by atoms with van der Waals surface area (Å²) in [5.74, 6) is 5.42. The molecule has 0 atom stereocenters. The van der Waals surface area contributed by atoms with Crippen molar-refractivity contribution < 1.29 is 0 Å². The highest BCUT2D eigenvalue weighted by Gasteiger charge is 2.61. The van der Waals surface area contributed by atoms with E-state index in [1.54, 1.807) is 11.1 Å². The van der Waals surface area contributed by atoms with Gasteiger partial charge >= 0.3 is 0 Å². The van der Waals surface area contributed by atoms with Crippen LogP contribution in [0.25, 0.3) is 78.0 Å². The van der Waals surface area contributed by atoms with Gasteiger partial charge in [-0.1, -0.05) is 140 Å². The van der Waals surface area contributed by atoms with Gasteiger partial charge in [0.2, 0.25) is 0 Å². The van der Waals surface area contributed by atoms with Crippen LogP contribution in [-0.4, -0.2) is 15.0 Å². The van der Waals surface area contributed by atoms with Crippen molar-refractivity contribution in [2.75, 3.05) is 0 Å². The molecule has 258 valence electrons. The molecule has 1 spiro atoms. The third-order valence-corrected chi connectivity index (χ3v) is 13.7. The second-order valence-electron chi connectivity index (χ2n) is 16.5. The lowest BCUT2D eigenvalue weighted by molar-refractivity contribution is -0.0399. The van der Waals surface area contributed by atoms with Gasteiger partial charge in [-0.15, -0.1) is 0 Å². The van der Waals surface area contributed by atoms with Gasteiger partial charge in [0, 0.05) is 22.1 Å². The normalized spacial score (nSPS) is 23.3. The van der Waals surface area contributed by atoms with Gasteiger partial charge in [0.05, 0.1) is 0 Å². The molecule has 1 aromatic heterocycles. The second-order valence-corrected chi connectivity index (χ2v) is 16.5. The van der Waals surface area contributed by atoms with Crippen LogP contribution in [0.3, 0.4) is 0 Å². The fraction of sp³-hybridized carbons (Fsp3) is 0.196. The summed E-state index contributed by atoms with van der Waals surface area (Å²) in [4.78, 5) is 15.2. The molecule has 0 unspecified atom stereocenters. The minimum absolute atomic E-state index is 0.167. The molecular formula is C51H39N3. The summed E-state index contributed by atoms with van der Waals surface area (Å²) in [5.41, 5.74) is 11.8. The minimum atomic E-state index is 0.167. The van der Waals surface area contributed by atoms with E-state index in [1.165, 1.54) is 75.9 Å². The van der Waals surface area contributed by atoms with Crippen LogP contribution >= 0.6 is 0 Å². The Morgan fingerprint density at radius 2 is 0.926 bits per heavy atom. The average Bonchev–Trinajstić information content (AvgIpc) is 3.52. The summed E-state index contributed by atoms with van der Waals surface area (Å²) in [6.45, 7) is 0. The van der Waals surface area contributed by atoms with E-state index in [2.05, 4.69) is 133 Å². The number of rotatable bonds is 4. The molecular weight excluding hydrogens is 655 g/mol. The van der Waals surface area contributed by atoms with Crippen molar-refractivity contribution in [2.45, 2.75) is 37.5 Å². The van der Waals surface area contributed by atoms with Crippen molar-refractivity contribution in [2.24, 2.45) is 23.7 Å². The SMILES string of the molecule is c1ccc(-c2nc(-c3ccc(-c4ccc5c(c4)C4(c6ccccc6-5)C5CC6CC(C5)CC4C6)cc3)nc(-c3ccc4c(ccc5ccccc54)c3)n2)cc1. The van der Waals surface area contributed by atoms with E-state index >= 15 is 0 Å². The van der Waals surface area contributed by atoms with Crippen molar-refractivity contribution in [3.63, 3.8) is 0 Å². The Bertz CT molecular complexity index is 2750. The molecule has 0 aliphatic heterocycles. The maximum atomic E-state index is 5.12. The van der Waals surface area contributed by atoms with E-state index in [0.29, 0.717) is 17.5 Å². The molecule has 8 aromatic rings. The van der Waals surface area contributed by atoms with E-state index in [9.17, 15) is 0 Å². The highest BCUT2D eigenvalue weighted by Crippen LogP contribution is 2.69. The van der Waals surface area contributed by atoms with Gasteiger partial charge in [0.25, 0.3) is 0 Å². The molecule has 4 bridgehead atoms. The average molecular weight is 694 g/mol. The maximum absolute atomic E-state index is 5.12. The first kappa shape index (κ1) is 30.5. The highest BCUT2D eigenvalue weighted by atomic mass is 15.0. The van der Waals surface area contributed by atoms with Gasteiger partial charge in [0.15, 0.2) is 17.5 Å². The van der Waals surface area contributed by atoms with Crippen LogP contribution in [0.5, 0.6) is 0 Å². The van der Waals surface area contributed by atoms with E-state index in [0.717, 1.165) is 40.4 Å². The summed E-state index contributed by atoms with van der Waals surface area (Å²) in [6.07, 6.45) is 7.06. The Hall–Kier alpha value is -5.93. The Morgan fingerprint density at radius 3 is 1.70 bits per heavy atom. The number of hydrogen-bond donors (Lipinski definition) is 0. The summed E-state index contributed by atoms with van der Waals surface area (Å²) in [5, 5.41) is 4.90. The summed E-state index contributed by atoms with van der Waals surface area (Å²) in [7, 11) is 0. The Morgan fingerprint density at radius 1 is 0.370 bits per heavy atom. The Labute approximate surface area is 315 Å². The van der Waals surface area contributed by atoms with Gasteiger partial charge in [0.1, 0.15) is 0 Å². The summed E-state index contributed by atoms with van der Waals surface area (Å²) < 4.78 is 0. The molecule has 3 heteroatoms. The lowest BCUT2D eigenvalue weighted by Gasteiger charge is -2.61. The first-order chi connectivity index (χ1) is 26.7. The first-order valence-corrected chi connectivity index (χ1v) is 19.8. The van der Waals surface area contributed by atoms with Crippen LogP contribution in [-0.2, 0) is 5.41 Å². The Balaban J connectivity index is 0.942. The number of aromatic nitrogens is 3. The van der Waals surface area contributed by atoms with E-state index in [4.69, 9.17) is 15.0 Å². The molecule has 0 radical (unpaired) electrons. The van der Waals surface area contributed by atoms with Gasteiger partial charge in [-0.25, -0.2) is 15.0 Å². The maximum Gasteiger partial charge on any atom is 0.164 e. The second kappa shape index (κ2) is 11.5. The van der Waals surface area contributed by atoms with Gasteiger partial charge in [-0.05, 0) is 123 Å². The molecule has 5 aliphatic rings. The summed E-state index contributed by atoms with van der Waals surface area (Å²) in [6, 6.07) is 55.4. The molecule has 54 heavy (non-hydrogen) atoms. The molecule has 4 saturated carbocycles. The molecule has 0 amide bonds. The first-order valence-electron chi connectivity index (χ1n) is 19.8. The number of benzene rings is 7. The molecule has 5 aliphatic carbocycles. The van der Waals surface area contributed by atoms with Gasteiger partial charge < -0.3 is 0 Å². The Kier molecular flexibility index (Phi) is 6.52. The third kappa shape index (κ3) is 4.45. The number of hydrogen-bond acceptors (Lipinski definition) is 3. The van der Waals surface area contributed by atoms with Crippen LogP contribution in [0, 0.1) is 23.7 Å². The standard InChI is InChI=1S/C51H39N3/c1-2-9-35(10-3-1)48-52-49(54-50(53-48)39-21-22-43-38(29-39)19-16-34-8-4-5-11-42(34)43)36-17-14-33(15-18-36)37-20-23-45-44-12-6-7-13-46(44)51(47(45)30-37)40-25-31-24-32(27-40)28-41(51)26-31/h1-23,29-32,40-41H,24-28H2. The minimum Gasteiger partial charge on any atom is -0.208 e. The van der Waals surface area contributed by atoms with Crippen LogP contribution in [0.2, 0.25) is 0 Å². The predicted octanol–water partition coefficient (Wildman–Crippen LogP) is 12.6. The molecule has 13 rings (SSSR count). The van der Waals surface area contributed by atoms with Gasteiger partial charge in [-0.3, -0.25) is 0 Å². The monoisotopic (exact) mass is 693 g/mol. The highest BCUT2D eigenvalue weighted by molar-refractivity contribution is 6.08. The van der Waals surface area contributed by atoms with E-state index < -0.39 is 0 Å². The van der Waals surface area contributed by atoms with Crippen LogP contribution in [0.15, 0.2) is 152 Å². The molecule has 0 N–H and O–H groups in total. The smallest absolute Gasteiger partial charge is 0.164 e. The van der Waals surface area contributed by atoms with Crippen molar-refractivity contribution >= 4 is 21.5 Å². The van der Waals surface area contributed by atoms with Crippen molar-refractivity contribution in [3.8, 4) is 56.4 Å². The van der Waals surface area contributed by atoms with Crippen LogP contribution in [0.1, 0.15) is 43.2 Å². The molecule has 3 nitrogen and oxygen atoms in total. The molecule has 7 aromatic carbocycles. The van der Waals surface area contributed by atoms with Crippen LogP contribution < -0.4 is 0 Å². The fourth-order valence-electron chi connectivity index (χ4n) is 11.6. The topological polar surface area (TPSA) is 38.7 Å².